The lowest BCUT2D eigenvalue weighted by molar-refractivity contribution is -0.190. The summed E-state index contributed by atoms with van der Waals surface area (Å²) in [5.74, 6) is 0.366. The molecule has 0 aromatic carbocycles. The van der Waals surface area contributed by atoms with Crippen molar-refractivity contribution in [1.29, 1.82) is 0 Å². The van der Waals surface area contributed by atoms with Gasteiger partial charge in [-0.15, -0.1) is 0 Å². The van der Waals surface area contributed by atoms with Gasteiger partial charge in [-0.1, -0.05) is 26.7 Å². The van der Waals surface area contributed by atoms with Crippen LogP contribution in [0.2, 0.25) is 0 Å². The van der Waals surface area contributed by atoms with Gasteiger partial charge in [0.25, 0.3) is 0 Å². The number of rotatable bonds is 5. The lowest BCUT2D eigenvalue weighted by atomic mass is 10.1. The molecule has 0 saturated carbocycles. The Morgan fingerprint density at radius 2 is 1.90 bits per heavy atom. The Bertz CT molecular complexity index is 72.0. The summed E-state index contributed by atoms with van der Waals surface area (Å²) in [5.41, 5.74) is 0. The van der Waals surface area contributed by atoms with Crippen molar-refractivity contribution >= 4 is 0 Å². The van der Waals surface area contributed by atoms with Crippen LogP contribution in [0, 0.1) is 5.92 Å². The van der Waals surface area contributed by atoms with E-state index in [4.69, 9.17) is 5.11 Å². The van der Waals surface area contributed by atoms with E-state index in [1.165, 1.54) is 0 Å². The molecule has 0 aliphatic rings. The number of alkyl halides is 1. The van der Waals surface area contributed by atoms with Crippen LogP contribution in [0.1, 0.15) is 26.7 Å². The molecule has 0 heterocycles. The molecular weight excluding hydrogens is 135 g/mol. The first-order valence-corrected chi connectivity index (χ1v) is 3.64. The molecule has 3 heteroatoms. The zero-order chi connectivity index (χ0) is 7.98. The number of aliphatic hydroxyl groups is 1. The van der Waals surface area contributed by atoms with E-state index in [1.54, 1.807) is 0 Å². The summed E-state index contributed by atoms with van der Waals surface area (Å²) in [7, 11) is 0. The Kier molecular flexibility index (Phi) is 5.54. The maximum absolute atomic E-state index is 11.7. The Hall–Kier alpha value is -0.150. The largest absolute Gasteiger partial charge is 0.342 e. The molecule has 0 aromatic heterocycles. The average molecular weight is 150 g/mol. The molecule has 0 saturated heterocycles. The quantitative estimate of drug-likeness (QED) is 0.604. The fourth-order valence-electron chi connectivity index (χ4n) is 0.740. The van der Waals surface area contributed by atoms with Crippen LogP contribution >= 0.6 is 0 Å². The van der Waals surface area contributed by atoms with Crippen molar-refractivity contribution in [2.24, 2.45) is 5.92 Å². The minimum atomic E-state index is -2.11. The smallest absolute Gasteiger partial charge is 0.307 e. The first-order chi connectivity index (χ1) is 4.70. The SMILES string of the molecule is CCC(CC)COC(O)F. The summed E-state index contributed by atoms with van der Waals surface area (Å²) in [6.07, 6.45) is 1.92. The van der Waals surface area contributed by atoms with Crippen LogP contribution in [-0.2, 0) is 4.74 Å². The average Bonchev–Trinajstić information content (AvgIpc) is 1.90. The summed E-state index contributed by atoms with van der Waals surface area (Å²) < 4.78 is 16.0. The van der Waals surface area contributed by atoms with E-state index < -0.39 is 6.54 Å². The van der Waals surface area contributed by atoms with Gasteiger partial charge < -0.3 is 9.84 Å². The lowest BCUT2D eigenvalue weighted by Crippen LogP contribution is -2.13. The molecule has 10 heavy (non-hydrogen) atoms. The number of hydrogen-bond acceptors (Lipinski definition) is 2. The fourth-order valence-corrected chi connectivity index (χ4v) is 0.740. The number of hydrogen-bond donors (Lipinski definition) is 1. The van der Waals surface area contributed by atoms with Gasteiger partial charge in [-0.05, 0) is 5.92 Å². The molecule has 0 aliphatic heterocycles. The summed E-state index contributed by atoms with van der Waals surface area (Å²) in [6, 6.07) is 0. The first-order valence-electron chi connectivity index (χ1n) is 3.64. The van der Waals surface area contributed by atoms with Crippen molar-refractivity contribution in [1.82, 2.24) is 0 Å². The van der Waals surface area contributed by atoms with Crippen molar-refractivity contribution in [3.63, 3.8) is 0 Å². The van der Waals surface area contributed by atoms with Gasteiger partial charge in [0.2, 0.25) is 0 Å². The van der Waals surface area contributed by atoms with Crippen molar-refractivity contribution < 1.29 is 14.2 Å². The Morgan fingerprint density at radius 1 is 1.40 bits per heavy atom. The zero-order valence-electron chi connectivity index (χ0n) is 6.51. The number of ether oxygens (including phenoxy) is 1. The highest BCUT2D eigenvalue weighted by Gasteiger charge is 2.06. The first kappa shape index (κ1) is 9.85. The third kappa shape index (κ3) is 4.70. The van der Waals surface area contributed by atoms with Gasteiger partial charge >= 0.3 is 6.54 Å². The highest BCUT2D eigenvalue weighted by atomic mass is 19.2. The van der Waals surface area contributed by atoms with Crippen LogP contribution in [0.3, 0.4) is 0 Å². The van der Waals surface area contributed by atoms with Crippen LogP contribution in [0.15, 0.2) is 0 Å². The Morgan fingerprint density at radius 3 is 2.20 bits per heavy atom. The van der Waals surface area contributed by atoms with E-state index in [1.807, 2.05) is 13.8 Å². The standard InChI is InChI=1S/C7H15FO2/c1-3-6(4-2)5-10-7(8)9/h6-7,9H,3-5H2,1-2H3. The van der Waals surface area contributed by atoms with E-state index in [9.17, 15) is 4.39 Å². The molecule has 2 nitrogen and oxygen atoms in total. The number of aliphatic hydroxyl groups excluding tert-OH is 1. The predicted octanol–water partition coefficient (Wildman–Crippen LogP) is 1.68. The number of halogens is 1. The topological polar surface area (TPSA) is 29.5 Å². The van der Waals surface area contributed by atoms with E-state index in [2.05, 4.69) is 4.74 Å². The zero-order valence-corrected chi connectivity index (χ0v) is 6.51. The molecule has 0 aromatic rings. The van der Waals surface area contributed by atoms with Gasteiger partial charge in [0, 0.05) is 0 Å². The third-order valence-corrected chi connectivity index (χ3v) is 1.62. The maximum Gasteiger partial charge on any atom is 0.307 e. The maximum atomic E-state index is 11.7. The second-order valence-corrected chi connectivity index (χ2v) is 2.31. The van der Waals surface area contributed by atoms with Crippen LogP contribution in [0.25, 0.3) is 0 Å². The molecule has 0 aliphatic carbocycles. The van der Waals surface area contributed by atoms with Gasteiger partial charge in [0.1, 0.15) is 0 Å². The van der Waals surface area contributed by atoms with E-state index in [0.717, 1.165) is 12.8 Å². The molecular formula is C7H15FO2. The van der Waals surface area contributed by atoms with E-state index >= 15 is 0 Å². The molecule has 1 N–H and O–H groups in total. The minimum absolute atomic E-state index is 0.310. The molecule has 0 bridgehead atoms. The minimum Gasteiger partial charge on any atom is -0.342 e. The Labute approximate surface area is 61.0 Å². The highest BCUT2D eigenvalue weighted by Crippen LogP contribution is 2.08. The van der Waals surface area contributed by atoms with E-state index in [0.29, 0.717) is 12.5 Å². The third-order valence-electron chi connectivity index (χ3n) is 1.62. The van der Waals surface area contributed by atoms with Gasteiger partial charge in [0.15, 0.2) is 0 Å². The second-order valence-electron chi connectivity index (χ2n) is 2.31. The highest BCUT2D eigenvalue weighted by molar-refractivity contribution is 4.51. The molecule has 0 rings (SSSR count). The normalized spacial score (nSPS) is 14.1. The lowest BCUT2D eigenvalue weighted by Gasteiger charge is -2.11. The van der Waals surface area contributed by atoms with Crippen molar-refractivity contribution in [2.45, 2.75) is 33.2 Å². The fraction of sp³-hybridized carbons (Fsp3) is 1.00. The van der Waals surface area contributed by atoms with Crippen LogP contribution < -0.4 is 0 Å². The molecule has 1 atom stereocenters. The van der Waals surface area contributed by atoms with Gasteiger partial charge in [0.05, 0.1) is 6.61 Å². The molecule has 1 unspecified atom stereocenters. The van der Waals surface area contributed by atoms with Gasteiger partial charge in [-0.3, -0.25) is 0 Å². The molecule has 62 valence electrons. The summed E-state index contributed by atoms with van der Waals surface area (Å²) in [5, 5.41) is 8.10. The molecule has 0 amide bonds. The van der Waals surface area contributed by atoms with Gasteiger partial charge in [-0.2, -0.15) is 4.39 Å². The summed E-state index contributed by atoms with van der Waals surface area (Å²) in [6.45, 7) is 2.23. The van der Waals surface area contributed by atoms with Crippen molar-refractivity contribution in [2.75, 3.05) is 6.61 Å². The Balaban J connectivity index is 3.26. The molecule has 0 fully saturated rings. The monoisotopic (exact) mass is 150 g/mol. The van der Waals surface area contributed by atoms with Crippen LogP contribution in [-0.4, -0.2) is 18.3 Å². The second kappa shape index (κ2) is 5.62. The van der Waals surface area contributed by atoms with Crippen molar-refractivity contribution in [3.05, 3.63) is 0 Å². The summed E-state index contributed by atoms with van der Waals surface area (Å²) in [4.78, 5) is 0. The molecule has 0 spiro atoms. The predicted molar refractivity (Wildman–Crippen MR) is 37.1 cm³/mol. The van der Waals surface area contributed by atoms with Crippen LogP contribution in [0.4, 0.5) is 4.39 Å². The van der Waals surface area contributed by atoms with E-state index in [-0.39, 0.29) is 0 Å². The van der Waals surface area contributed by atoms with Crippen LogP contribution in [0.5, 0.6) is 0 Å². The van der Waals surface area contributed by atoms with Crippen molar-refractivity contribution in [3.8, 4) is 0 Å². The van der Waals surface area contributed by atoms with Gasteiger partial charge in [-0.25, -0.2) is 0 Å². The molecule has 0 radical (unpaired) electrons. The summed E-state index contributed by atoms with van der Waals surface area (Å²) >= 11 is 0.